The standard InChI is InChI=1S/C14H21F2NO2S/c1-13(2,3)20(19)17-14(10-15,8-9-18)11-6-4-5-7-12(11)16/h4-7,17-18H,8-10H2,1-3H3/t14-,20?/m1/s1. The summed E-state index contributed by atoms with van der Waals surface area (Å²) in [6.07, 6.45) is -0.0632. The van der Waals surface area contributed by atoms with Gasteiger partial charge in [-0.25, -0.2) is 8.78 Å². The van der Waals surface area contributed by atoms with Gasteiger partial charge in [0.1, 0.15) is 22.8 Å². The Bertz CT molecular complexity index is 439. The van der Waals surface area contributed by atoms with Gasteiger partial charge >= 0.3 is 0 Å². The number of hydrogen-bond donors (Lipinski definition) is 2. The molecule has 1 unspecified atom stereocenters. The smallest absolute Gasteiger partial charge is 0.136 e. The fourth-order valence-electron chi connectivity index (χ4n) is 1.78. The van der Waals surface area contributed by atoms with Crippen molar-refractivity contribution in [3.05, 3.63) is 35.6 Å². The Morgan fingerprint density at radius 1 is 1.30 bits per heavy atom. The predicted octanol–water partition coefficient (Wildman–Crippen LogP) is 2.42. The van der Waals surface area contributed by atoms with Crippen molar-refractivity contribution >= 4 is 11.4 Å². The van der Waals surface area contributed by atoms with Gasteiger partial charge in [0.05, 0.1) is 0 Å². The van der Waals surface area contributed by atoms with Gasteiger partial charge in [0.25, 0.3) is 0 Å². The van der Waals surface area contributed by atoms with E-state index < -0.39 is 34.1 Å². The van der Waals surface area contributed by atoms with Gasteiger partial charge in [-0.3, -0.25) is 0 Å². The number of benzene rings is 1. The summed E-state index contributed by atoms with van der Waals surface area (Å²) < 4.78 is 41.9. The van der Waals surface area contributed by atoms with E-state index in [1.807, 2.05) is 0 Å². The van der Waals surface area contributed by atoms with Gasteiger partial charge in [-0.2, -0.15) is 0 Å². The highest BCUT2D eigenvalue weighted by Gasteiger charge is 2.42. The van der Waals surface area contributed by atoms with Gasteiger partial charge in [0, 0.05) is 23.5 Å². The molecule has 0 fully saturated rings. The van der Waals surface area contributed by atoms with Gasteiger partial charge < -0.3 is 9.66 Å². The van der Waals surface area contributed by atoms with Crippen LogP contribution in [0, 0.1) is 5.82 Å². The SMILES string of the molecule is CC(C)(C)[S+]([O-])N[C@@](CF)(CCO)c1ccccc1F. The molecule has 2 atom stereocenters. The minimum Gasteiger partial charge on any atom is -0.598 e. The normalized spacial score (nSPS) is 16.8. The van der Waals surface area contributed by atoms with E-state index in [4.69, 9.17) is 0 Å². The topological polar surface area (TPSA) is 55.3 Å². The molecule has 0 aromatic heterocycles. The minimum atomic E-state index is -1.58. The van der Waals surface area contributed by atoms with Crippen molar-refractivity contribution < 1.29 is 18.4 Å². The zero-order chi connectivity index (χ0) is 15.4. The Hall–Kier alpha value is -0.690. The third-order valence-electron chi connectivity index (χ3n) is 3.00. The molecule has 1 aromatic carbocycles. The first-order valence-electron chi connectivity index (χ1n) is 6.38. The largest absolute Gasteiger partial charge is 0.598 e. The Labute approximate surface area is 121 Å². The third kappa shape index (κ3) is 3.91. The molecule has 114 valence electrons. The molecule has 0 bridgehead atoms. The van der Waals surface area contributed by atoms with Crippen molar-refractivity contribution in [1.82, 2.24) is 4.72 Å². The average Bonchev–Trinajstić information content (AvgIpc) is 2.37. The Balaban J connectivity index is 3.19. The second-order valence-corrected chi connectivity index (χ2v) is 7.62. The number of hydrogen-bond acceptors (Lipinski definition) is 3. The molecule has 1 rings (SSSR count). The van der Waals surface area contributed by atoms with Gasteiger partial charge in [-0.15, -0.1) is 4.72 Å². The lowest BCUT2D eigenvalue weighted by Gasteiger charge is -2.35. The van der Waals surface area contributed by atoms with E-state index >= 15 is 0 Å². The van der Waals surface area contributed by atoms with E-state index in [-0.39, 0.29) is 18.6 Å². The fourth-order valence-corrected chi connectivity index (χ4v) is 2.71. The summed E-state index contributed by atoms with van der Waals surface area (Å²) in [5.41, 5.74) is -1.41. The fraction of sp³-hybridized carbons (Fsp3) is 0.571. The molecule has 2 N–H and O–H groups in total. The van der Waals surface area contributed by atoms with E-state index in [1.54, 1.807) is 26.8 Å². The molecule has 0 amide bonds. The summed E-state index contributed by atoms with van der Waals surface area (Å²) in [5, 5.41) is 9.17. The number of nitrogens with one attached hydrogen (secondary N) is 1. The molecule has 3 nitrogen and oxygen atoms in total. The summed E-state index contributed by atoms with van der Waals surface area (Å²) in [6, 6.07) is 5.75. The van der Waals surface area contributed by atoms with Gasteiger partial charge in [0.2, 0.25) is 0 Å². The summed E-state index contributed by atoms with van der Waals surface area (Å²) in [7, 11) is 0. The molecule has 0 aliphatic carbocycles. The summed E-state index contributed by atoms with van der Waals surface area (Å²) in [4.78, 5) is 0. The Morgan fingerprint density at radius 3 is 2.35 bits per heavy atom. The van der Waals surface area contributed by atoms with Crippen LogP contribution in [-0.2, 0) is 16.9 Å². The molecule has 20 heavy (non-hydrogen) atoms. The molecule has 0 radical (unpaired) electrons. The lowest BCUT2D eigenvalue weighted by molar-refractivity contribution is 0.191. The maximum absolute atomic E-state index is 14.0. The second-order valence-electron chi connectivity index (χ2n) is 5.65. The third-order valence-corrected chi connectivity index (χ3v) is 4.69. The highest BCUT2D eigenvalue weighted by molar-refractivity contribution is 7.90. The number of aliphatic hydroxyl groups is 1. The molecule has 0 aliphatic heterocycles. The first-order valence-corrected chi connectivity index (χ1v) is 7.53. The molecule has 0 heterocycles. The monoisotopic (exact) mass is 305 g/mol. The molecule has 0 saturated heterocycles. The van der Waals surface area contributed by atoms with Gasteiger partial charge in [-0.05, 0) is 33.3 Å². The van der Waals surface area contributed by atoms with Crippen LogP contribution in [0.4, 0.5) is 8.78 Å². The maximum Gasteiger partial charge on any atom is 0.136 e. The lowest BCUT2D eigenvalue weighted by atomic mass is 9.89. The molecular formula is C14H21F2NO2S. The van der Waals surface area contributed by atoms with Crippen LogP contribution < -0.4 is 4.72 Å². The van der Waals surface area contributed by atoms with Crippen LogP contribution in [0.1, 0.15) is 32.8 Å². The highest BCUT2D eigenvalue weighted by atomic mass is 32.2. The van der Waals surface area contributed by atoms with Gasteiger partial charge in [0.15, 0.2) is 0 Å². The van der Waals surface area contributed by atoms with Crippen molar-refractivity contribution in [3.8, 4) is 0 Å². The van der Waals surface area contributed by atoms with Gasteiger partial charge in [-0.1, -0.05) is 18.2 Å². The summed E-state index contributed by atoms with van der Waals surface area (Å²) >= 11 is -1.58. The first kappa shape index (κ1) is 17.4. The quantitative estimate of drug-likeness (QED) is 0.794. The molecule has 0 aliphatic rings. The lowest BCUT2D eigenvalue weighted by Crippen LogP contribution is -2.53. The van der Waals surface area contributed by atoms with Crippen molar-refractivity contribution in [2.24, 2.45) is 0 Å². The van der Waals surface area contributed by atoms with Crippen LogP contribution in [-0.4, -0.2) is 27.7 Å². The maximum atomic E-state index is 14.0. The van der Waals surface area contributed by atoms with Crippen LogP contribution in [0.5, 0.6) is 0 Å². The first-order chi connectivity index (χ1) is 9.27. The molecule has 6 heteroatoms. The number of halogens is 2. The van der Waals surface area contributed by atoms with Crippen LogP contribution in [0.15, 0.2) is 24.3 Å². The molecule has 1 aromatic rings. The van der Waals surface area contributed by atoms with Crippen LogP contribution in [0.3, 0.4) is 0 Å². The second kappa shape index (κ2) is 6.85. The molecule has 0 saturated carbocycles. The predicted molar refractivity (Wildman–Crippen MR) is 76.8 cm³/mol. The number of rotatable bonds is 6. The minimum absolute atomic E-state index is 0.0632. The number of aliphatic hydroxyl groups excluding tert-OH is 1. The summed E-state index contributed by atoms with van der Waals surface area (Å²) in [5.74, 6) is -0.586. The van der Waals surface area contributed by atoms with Crippen LogP contribution in [0.2, 0.25) is 0 Å². The van der Waals surface area contributed by atoms with E-state index in [1.165, 1.54) is 18.2 Å². The Morgan fingerprint density at radius 2 is 1.90 bits per heavy atom. The van der Waals surface area contributed by atoms with E-state index in [0.717, 1.165) is 0 Å². The van der Waals surface area contributed by atoms with Crippen molar-refractivity contribution in [2.75, 3.05) is 13.3 Å². The zero-order valence-electron chi connectivity index (χ0n) is 12.0. The average molecular weight is 305 g/mol. The van der Waals surface area contributed by atoms with Crippen LogP contribution in [0.25, 0.3) is 0 Å². The summed E-state index contributed by atoms with van der Waals surface area (Å²) in [6.45, 7) is 3.90. The van der Waals surface area contributed by atoms with E-state index in [0.29, 0.717) is 0 Å². The van der Waals surface area contributed by atoms with E-state index in [9.17, 15) is 18.4 Å². The van der Waals surface area contributed by atoms with Crippen molar-refractivity contribution in [2.45, 2.75) is 37.5 Å². The van der Waals surface area contributed by atoms with Crippen molar-refractivity contribution in [3.63, 3.8) is 0 Å². The zero-order valence-corrected chi connectivity index (χ0v) is 12.8. The van der Waals surface area contributed by atoms with E-state index in [2.05, 4.69) is 4.72 Å². The Kier molecular flexibility index (Phi) is 5.94. The van der Waals surface area contributed by atoms with Crippen molar-refractivity contribution in [1.29, 1.82) is 0 Å². The number of alkyl halides is 1. The van der Waals surface area contributed by atoms with Crippen LogP contribution >= 0.6 is 0 Å². The highest BCUT2D eigenvalue weighted by Crippen LogP contribution is 2.31. The molecular weight excluding hydrogens is 284 g/mol. The molecule has 0 spiro atoms.